The van der Waals surface area contributed by atoms with E-state index in [4.69, 9.17) is 4.74 Å². The quantitative estimate of drug-likeness (QED) is 0.657. The van der Waals surface area contributed by atoms with E-state index in [0.29, 0.717) is 22.6 Å². The zero-order chi connectivity index (χ0) is 20.1. The number of hydrogen-bond acceptors (Lipinski definition) is 6. The van der Waals surface area contributed by atoms with Crippen molar-refractivity contribution >= 4 is 29.2 Å². The summed E-state index contributed by atoms with van der Waals surface area (Å²) in [7, 11) is 1.32. The van der Waals surface area contributed by atoms with Gasteiger partial charge in [-0.2, -0.15) is 0 Å². The fourth-order valence-electron chi connectivity index (χ4n) is 2.66. The highest BCUT2D eigenvalue weighted by atomic mass is 16.5. The molecule has 3 aromatic rings. The van der Waals surface area contributed by atoms with E-state index in [1.807, 2.05) is 31.2 Å². The van der Waals surface area contributed by atoms with E-state index >= 15 is 0 Å². The smallest absolute Gasteiger partial charge is 0.339 e. The first kappa shape index (κ1) is 19.0. The van der Waals surface area contributed by atoms with Gasteiger partial charge < -0.3 is 15.4 Å². The van der Waals surface area contributed by atoms with Gasteiger partial charge >= 0.3 is 5.97 Å². The molecule has 28 heavy (non-hydrogen) atoms. The number of para-hydroxylation sites is 1. The molecule has 2 N–H and O–H groups in total. The van der Waals surface area contributed by atoms with Crippen LogP contribution < -0.4 is 10.6 Å². The Bertz CT molecular complexity index is 1030. The number of carbonyl (C=O) groups excluding carboxylic acids is 2. The van der Waals surface area contributed by atoms with E-state index in [2.05, 4.69) is 20.6 Å². The molecule has 0 aliphatic carbocycles. The summed E-state index contributed by atoms with van der Waals surface area (Å²) in [6.45, 7) is 3.72. The molecule has 1 heterocycles. The zero-order valence-corrected chi connectivity index (χ0v) is 15.8. The second-order valence-corrected chi connectivity index (χ2v) is 6.20. The molecule has 0 fully saturated rings. The lowest BCUT2D eigenvalue weighted by Gasteiger charge is -2.11. The first-order valence-corrected chi connectivity index (χ1v) is 8.64. The number of hydrogen-bond donors (Lipinski definition) is 2. The highest BCUT2D eigenvalue weighted by Gasteiger charge is 2.15. The minimum absolute atomic E-state index is 0.214. The molecule has 2 aromatic carbocycles. The number of rotatable bonds is 5. The molecule has 0 saturated carbocycles. The monoisotopic (exact) mass is 376 g/mol. The number of esters is 1. The third-order valence-electron chi connectivity index (χ3n) is 3.94. The van der Waals surface area contributed by atoms with Gasteiger partial charge in [0.2, 0.25) is 5.95 Å². The van der Waals surface area contributed by atoms with Crippen molar-refractivity contribution in [3.8, 4) is 0 Å². The third-order valence-corrected chi connectivity index (χ3v) is 3.94. The Morgan fingerprint density at radius 1 is 0.964 bits per heavy atom. The van der Waals surface area contributed by atoms with Crippen LogP contribution in [0.15, 0.2) is 54.6 Å². The maximum Gasteiger partial charge on any atom is 0.339 e. The average Bonchev–Trinajstić information content (AvgIpc) is 2.67. The largest absolute Gasteiger partial charge is 0.465 e. The van der Waals surface area contributed by atoms with E-state index in [-0.39, 0.29) is 17.5 Å². The number of methoxy groups -OCH3 is 1. The molecule has 7 heteroatoms. The van der Waals surface area contributed by atoms with E-state index in [1.165, 1.54) is 7.11 Å². The highest BCUT2D eigenvalue weighted by Crippen LogP contribution is 2.20. The molecule has 0 bridgehead atoms. The minimum atomic E-state index is -0.479. The number of anilines is 3. The summed E-state index contributed by atoms with van der Waals surface area (Å²) in [5, 5.41) is 5.82. The predicted octanol–water partition coefficient (Wildman–Crippen LogP) is 3.88. The predicted molar refractivity (Wildman–Crippen MR) is 107 cm³/mol. The Morgan fingerprint density at radius 3 is 2.50 bits per heavy atom. The van der Waals surface area contributed by atoms with Crippen molar-refractivity contribution in [2.75, 3.05) is 17.7 Å². The van der Waals surface area contributed by atoms with Crippen molar-refractivity contribution in [2.45, 2.75) is 13.8 Å². The van der Waals surface area contributed by atoms with Crippen molar-refractivity contribution in [3.63, 3.8) is 0 Å². The summed E-state index contributed by atoms with van der Waals surface area (Å²) in [6.07, 6.45) is 0. The Hall–Kier alpha value is -3.74. The lowest BCUT2D eigenvalue weighted by Crippen LogP contribution is -2.16. The maximum absolute atomic E-state index is 12.6. The number of ether oxygens (including phenoxy) is 1. The first-order valence-electron chi connectivity index (χ1n) is 8.64. The molecular formula is C21H20N4O3. The number of aryl methyl sites for hydroxylation is 2. The van der Waals surface area contributed by atoms with E-state index in [9.17, 15) is 9.59 Å². The number of benzene rings is 2. The zero-order valence-electron chi connectivity index (χ0n) is 15.8. The van der Waals surface area contributed by atoms with Crippen molar-refractivity contribution in [1.29, 1.82) is 0 Å². The van der Waals surface area contributed by atoms with Crippen LogP contribution in [0.4, 0.5) is 17.3 Å². The van der Waals surface area contributed by atoms with Gasteiger partial charge in [-0.3, -0.25) is 4.79 Å². The van der Waals surface area contributed by atoms with Crippen molar-refractivity contribution < 1.29 is 14.3 Å². The molecule has 7 nitrogen and oxygen atoms in total. The second kappa shape index (κ2) is 8.30. The number of aromatic nitrogens is 2. The molecular weight excluding hydrogens is 356 g/mol. The molecule has 3 rings (SSSR count). The van der Waals surface area contributed by atoms with Gasteiger partial charge in [0.1, 0.15) is 5.69 Å². The molecule has 142 valence electrons. The first-order chi connectivity index (χ1) is 13.5. The molecule has 1 aromatic heterocycles. The summed E-state index contributed by atoms with van der Waals surface area (Å²) >= 11 is 0. The molecule has 0 radical (unpaired) electrons. The lowest BCUT2D eigenvalue weighted by molar-refractivity contribution is 0.0601. The summed E-state index contributed by atoms with van der Waals surface area (Å²) in [5.74, 6) is -0.612. The minimum Gasteiger partial charge on any atom is -0.465 e. The van der Waals surface area contributed by atoms with Gasteiger partial charge in [0.25, 0.3) is 5.91 Å². The van der Waals surface area contributed by atoms with Crippen molar-refractivity contribution in [1.82, 2.24) is 9.97 Å². The molecule has 0 unspecified atom stereocenters. The van der Waals surface area contributed by atoms with Crippen LogP contribution in [0.1, 0.15) is 32.1 Å². The lowest BCUT2D eigenvalue weighted by atomic mass is 10.2. The molecule has 0 aliphatic rings. The number of nitrogens with zero attached hydrogens (tertiary/aromatic N) is 2. The number of carbonyl (C=O) groups is 2. The molecule has 0 atom stereocenters. The van der Waals surface area contributed by atoms with Gasteiger partial charge in [0.05, 0.1) is 18.4 Å². The summed E-state index contributed by atoms with van der Waals surface area (Å²) in [4.78, 5) is 33.1. The molecule has 1 amide bonds. The number of amides is 1. The van der Waals surface area contributed by atoms with Crippen LogP contribution in [0.3, 0.4) is 0 Å². The Morgan fingerprint density at radius 2 is 1.75 bits per heavy atom. The van der Waals surface area contributed by atoms with Crippen LogP contribution in [-0.2, 0) is 4.74 Å². The van der Waals surface area contributed by atoms with Gasteiger partial charge in [0.15, 0.2) is 0 Å². The summed E-state index contributed by atoms with van der Waals surface area (Å²) < 4.78 is 4.79. The SMILES string of the molecule is COC(=O)c1ccccc1Nc1nc(C)cc(C(=O)Nc2cccc(C)c2)n1. The molecule has 0 spiro atoms. The van der Waals surface area contributed by atoms with Crippen molar-refractivity contribution in [2.24, 2.45) is 0 Å². The van der Waals surface area contributed by atoms with E-state index in [1.54, 1.807) is 37.3 Å². The Balaban J connectivity index is 1.86. The number of nitrogens with one attached hydrogen (secondary N) is 2. The van der Waals surface area contributed by atoms with E-state index in [0.717, 1.165) is 5.56 Å². The molecule has 0 saturated heterocycles. The van der Waals surface area contributed by atoms with Crippen molar-refractivity contribution in [3.05, 3.63) is 77.1 Å². The second-order valence-electron chi connectivity index (χ2n) is 6.20. The Labute approximate surface area is 162 Å². The molecule has 0 aliphatic heterocycles. The van der Waals surface area contributed by atoms with Gasteiger partial charge in [-0.15, -0.1) is 0 Å². The van der Waals surface area contributed by atoms with Crippen LogP contribution in [-0.4, -0.2) is 29.0 Å². The van der Waals surface area contributed by atoms with Crippen LogP contribution in [0.25, 0.3) is 0 Å². The topological polar surface area (TPSA) is 93.2 Å². The van der Waals surface area contributed by atoms with E-state index < -0.39 is 5.97 Å². The maximum atomic E-state index is 12.6. The Kier molecular flexibility index (Phi) is 5.64. The van der Waals surface area contributed by atoms with Gasteiger partial charge in [-0.05, 0) is 49.7 Å². The summed E-state index contributed by atoms with van der Waals surface area (Å²) in [5.41, 5.74) is 3.39. The van der Waals surface area contributed by atoms with Crippen LogP contribution >= 0.6 is 0 Å². The standard InChI is InChI=1S/C21H20N4O3/c1-13-7-6-8-15(11-13)23-19(26)18-12-14(2)22-21(25-18)24-17-10-5-4-9-16(17)20(27)28-3/h4-12H,1-3H3,(H,23,26)(H,22,24,25). The third kappa shape index (κ3) is 4.50. The average molecular weight is 376 g/mol. The fraction of sp³-hybridized carbons (Fsp3) is 0.143. The fourth-order valence-corrected chi connectivity index (χ4v) is 2.66. The van der Waals surface area contributed by atoms with Crippen LogP contribution in [0.5, 0.6) is 0 Å². The highest BCUT2D eigenvalue weighted by molar-refractivity contribution is 6.03. The van der Waals surface area contributed by atoms with Crippen LogP contribution in [0.2, 0.25) is 0 Å². The summed E-state index contributed by atoms with van der Waals surface area (Å²) in [6, 6.07) is 16.0. The van der Waals surface area contributed by atoms with Gasteiger partial charge in [0, 0.05) is 11.4 Å². The normalized spacial score (nSPS) is 10.2. The van der Waals surface area contributed by atoms with Gasteiger partial charge in [-0.25, -0.2) is 14.8 Å². The van der Waals surface area contributed by atoms with Crippen LogP contribution in [0, 0.1) is 13.8 Å². The van der Waals surface area contributed by atoms with Gasteiger partial charge in [-0.1, -0.05) is 24.3 Å².